The first-order chi connectivity index (χ1) is 32.1. The summed E-state index contributed by atoms with van der Waals surface area (Å²) in [5, 5.41) is 35.2. The van der Waals surface area contributed by atoms with Gasteiger partial charge in [0.1, 0.15) is 0 Å². The average molecular weight is 982 g/mol. The topological polar surface area (TPSA) is 404 Å². The average Bonchev–Trinajstić information content (AvgIpc) is 3.36. The zero-order valence-electron chi connectivity index (χ0n) is 38.2. The molecule has 24 heteroatoms. The molecule has 0 aromatic heterocycles. The Morgan fingerprint density at radius 3 is 0.725 bits per heavy atom. The van der Waals surface area contributed by atoms with Gasteiger partial charge in [0.05, 0.1) is 0 Å². The van der Waals surface area contributed by atoms with Gasteiger partial charge >= 0.3 is 0 Å². The zero-order chi connectivity index (χ0) is 54.9. The number of hydrogen-bond donors (Lipinski definition) is 8. The maximum Gasteiger partial charge on any atom is 0 e. The van der Waals surface area contributed by atoms with E-state index in [-0.39, 0.29) is 27.1 Å². The van der Waals surface area contributed by atoms with Gasteiger partial charge in [-0.25, -0.2) is 0 Å². The second-order valence-corrected chi connectivity index (χ2v) is 5.65. The molecule has 0 aliphatic carbocycles. The predicted octanol–water partition coefficient (Wildman–Crippen LogP) is 7.74. The number of terminal acetylenes is 7. The summed E-state index contributed by atoms with van der Waals surface area (Å²) in [5.41, 5.74) is 30.0. The van der Waals surface area contributed by atoms with E-state index in [9.17, 15) is 0 Å². The Kier molecular flexibility index (Phi) is 401. The van der Waals surface area contributed by atoms with Gasteiger partial charge in [0.15, 0.2) is 0 Å². The van der Waals surface area contributed by atoms with Crippen LogP contribution in [0.3, 0.4) is 0 Å². The first kappa shape index (κ1) is 112. The lowest BCUT2D eigenvalue weighted by molar-refractivity contribution is 0.808. The van der Waals surface area contributed by atoms with Crippen LogP contribution in [0.15, 0.2) is 47.0 Å². The summed E-state index contributed by atoms with van der Waals surface area (Å²) in [5.74, 6) is 80.9. The summed E-state index contributed by atoms with van der Waals surface area (Å²) >= 11 is 7.33. The van der Waals surface area contributed by atoms with E-state index in [0.29, 0.717) is 0 Å². The van der Waals surface area contributed by atoms with Gasteiger partial charge in [-0.1, -0.05) is 52.7 Å². The number of nitrogens with zero attached hydrogens (tertiary/aromatic N) is 13. The Bertz CT molecular complexity index is 2310. The minimum Gasteiger partial charge on any atom is -0.344 e. The minimum atomic E-state index is 0. The molecule has 0 rings (SSSR count). The Hall–Kier alpha value is -11.4. The molecule has 0 saturated heterocycles. The summed E-state index contributed by atoms with van der Waals surface area (Å²) in [6.07, 6.45) is 36.3. The van der Waals surface area contributed by atoms with Gasteiger partial charge < -0.3 is 23.7 Å². The molecule has 21 nitrogen and oxygen atoms in total. The number of hydrogen-bond acceptors (Lipinski definition) is 12. The highest BCUT2D eigenvalue weighted by atomic mass is 32.8. The molecule has 0 heterocycles. The highest BCUT2D eigenvalue weighted by Gasteiger charge is 1.52. The van der Waals surface area contributed by atoms with Crippen molar-refractivity contribution in [3.8, 4) is 217 Å². The third-order valence-corrected chi connectivity index (χ3v) is 2.15. The van der Waals surface area contributed by atoms with Gasteiger partial charge in [0, 0.05) is 33.2 Å². The maximum atomic E-state index is 6.86. The monoisotopic (exact) mass is 981 g/mol. The van der Waals surface area contributed by atoms with E-state index in [1.807, 2.05) is 13.8 Å². The van der Waals surface area contributed by atoms with Gasteiger partial charge in [-0.15, -0.1) is 74.7 Å². The molecule has 0 spiro atoms. The van der Waals surface area contributed by atoms with Crippen molar-refractivity contribution in [3.63, 3.8) is 0 Å². The van der Waals surface area contributed by atoms with E-state index < -0.39 is 0 Å². The van der Waals surface area contributed by atoms with E-state index in [0.717, 1.165) is 0 Å². The van der Waals surface area contributed by atoms with Crippen molar-refractivity contribution in [2.24, 2.45) is 64.5 Å². The van der Waals surface area contributed by atoms with Crippen molar-refractivity contribution >= 4 is 35.9 Å². The lowest BCUT2D eigenvalue weighted by Crippen LogP contribution is -1.80. The molecular formula is C45H51N21S3. The van der Waals surface area contributed by atoms with Crippen LogP contribution in [0.5, 0.6) is 0 Å². The Labute approximate surface area is 428 Å². The van der Waals surface area contributed by atoms with E-state index in [1.54, 1.807) is 46.5 Å². The van der Waals surface area contributed by atoms with E-state index in [4.69, 9.17) is 70.6 Å². The van der Waals surface area contributed by atoms with Crippen LogP contribution in [0, 0.1) is 250 Å². The van der Waals surface area contributed by atoms with Crippen LogP contribution in [0.4, 0.5) is 0 Å². The summed E-state index contributed by atoms with van der Waals surface area (Å²) in [6.45, 7) is 13.9. The molecule has 69 heavy (non-hydrogen) atoms. The van der Waals surface area contributed by atoms with Crippen LogP contribution < -0.4 is 23.7 Å². The molecule has 0 aromatic carbocycles. The van der Waals surface area contributed by atoms with Crippen molar-refractivity contribution in [2.45, 2.75) is 62.8 Å². The fraction of sp³-hybridized carbons (Fsp3) is 0.200. The molecule has 0 radical (unpaired) electrons. The molecule has 0 aromatic rings. The van der Waals surface area contributed by atoms with Crippen molar-refractivity contribution < 1.29 is 0 Å². The van der Waals surface area contributed by atoms with Crippen LogP contribution in [0.1, 0.15) is 62.8 Å². The van der Waals surface area contributed by atoms with Crippen LogP contribution in [0.2, 0.25) is 0 Å². The van der Waals surface area contributed by atoms with Crippen LogP contribution in [0.25, 0.3) is 10.4 Å². The number of nitrogens with two attached hydrogens (primary N) is 3. The summed E-state index contributed by atoms with van der Waals surface area (Å²) in [6, 6.07) is 0. The summed E-state index contributed by atoms with van der Waals surface area (Å²) in [7, 11) is 0. The summed E-state index contributed by atoms with van der Waals surface area (Å²) in [4.78, 5) is 1.75. The first-order valence-electron chi connectivity index (χ1n) is 14.8. The molecule has 0 atom stereocenters. The van der Waals surface area contributed by atoms with Crippen LogP contribution in [-0.2, 0) is 22.4 Å². The van der Waals surface area contributed by atoms with Gasteiger partial charge in [0.2, 0.25) is 0 Å². The van der Waals surface area contributed by atoms with Crippen molar-refractivity contribution in [1.29, 1.82) is 32.9 Å². The largest absolute Gasteiger partial charge is 0.344 e. The second-order valence-electron chi connectivity index (χ2n) is 5.65. The quantitative estimate of drug-likeness (QED) is 0.0262. The van der Waals surface area contributed by atoms with E-state index >= 15 is 0 Å². The SMILES string of the molecule is C.C#C.C#CC.C#CC#CC.C#CC#CC#C.C#CC#CC#CC.C#CC#CC#CC#CC.CC#CC.CC#CC#CC#CC.N.N#N.N/N=N/N.N=N/N=N/N.N=N/N=N/N=N.S.S=S.[N-]=[N+]=N. The number of rotatable bonds is 3. The van der Waals surface area contributed by atoms with Gasteiger partial charge in [-0.3, -0.25) is 0 Å². The number of nitrogens with one attached hydrogen (secondary N) is 4. The molecule has 0 aliphatic heterocycles. The van der Waals surface area contributed by atoms with E-state index in [2.05, 4.69) is 272 Å². The normalized spacial score (nSPS) is 4.20. The van der Waals surface area contributed by atoms with Crippen molar-refractivity contribution in [2.75, 3.05) is 0 Å². The van der Waals surface area contributed by atoms with Crippen molar-refractivity contribution in [3.05, 3.63) is 10.4 Å². The van der Waals surface area contributed by atoms with E-state index in [1.165, 1.54) is 0 Å². The molecule has 0 aliphatic rings. The highest BCUT2D eigenvalue weighted by molar-refractivity contribution is 8.07. The molecule has 0 amide bonds. The second kappa shape index (κ2) is 248. The van der Waals surface area contributed by atoms with Crippen molar-refractivity contribution in [1.82, 2.24) is 6.15 Å². The molecule has 354 valence electrons. The third kappa shape index (κ3) is 695. The van der Waals surface area contributed by atoms with Gasteiger partial charge in [-0.05, 0) is 216 Å². The highest BCUT2D eigenvalue weighted by Crippen LogP contribution is 1.71. The fourth-order valence-electron chi connectivity index (χ4n) is 0.720. The molecule has 0 unspecified atom stereocenters. The molecular weight excluding hydrogens is 931 g/mol. The first-order valence-corrected chi connectivity index (χ1v) is 16.1. The molecule has 13 N–H and O–H groups in total. The Balaban J connectivity index is -0.0000000286. The molecule has 0 bridgehead atoms. The van der Waals surface area contributed by atoms with Gasteiger partial charge in [0.25, 0.3) is 0 Å². The standard InChI is InChI=1S/C9H4.C8H6.C7H4.C6H2.C5H4.C4H6.C3H4.C2H2.CH4.H2N6.H3N5.H4N4.HN3.N2.H3N.S2.H2S/c1-3-5-7-9-8-6-4-2;1-3-5-7-8-6-4-2;1-3-5-7-6-4-2;1-3-5-6-4-2;1-3-5-4-2;1-3-4-2;1-3-2;1-2;;1-3-5-6-4-2;1-3-5-4-2;1-3-4-2;1-3-2;1-2;;1-2;/h1H,2H3;1-2H3;1H,2H3;1-2H;1H,2H3;1-2H3;1H,2H3;1-2H;1H4;1-2H;(H3,1,2,5);(H2,1,4)(H2,2,3);1H;;1H3;;1H2/b;;;;;;;;;3-1?,4-2?,6-5+;;;;;;;. The lowest BCUT2D eigenvalue weighted by atomic mass is 10.5. The Morgan fingerprint density at radius 1 is 0.435 bits per heavy atom. The van der Waals surface area contributed by atoms with Crippen LogP contribution in [-0.4, -0.2) is 0 Å². The fourth-order valence-corrected chi connectivity index (χ4v) is 0.720. The predicted molar refractivity (Wildman–Crippen MR) is 286 cm³/mol. The Morgan fingerprint density at radius 2 is 0.609 bits per heavy atom. The summed E-state index contributed by atoms with van der Waals surface area (Å²) < 4.78 is 0. The third-order valence-electron chi connectivity index (χ3n) is 2.15. The van der Waals surface area contributed by atoms with Gasteiger partial charge in [-0.2, -0.15) is 30.1 Å². The molecule has 0 saturated carbocycles. The minimum absolute atomic E-state index is 0. The van der Waals surface area contributed by atoms with Crippen LogP contribution >= 0.6 is 13.5 Å². The molecule has 0 fully saturated rings. The maximum absolute atomic E-state index is 6.86. The lowest BCUT2D eigenvalue weighted by Gasteiger charge is -1.56. The zero-order valence-corrected chi connectivity index (χ0v) is 40.8. The smallest absolute Gasteiger partial charge is 0 e.